The zero-order valence-corrected chi connectivity index (χ0v) is 19.2. The van der Waals surface area contributed by atoms with Crippen LogP contribution in [0.2, 0.25) is 5.02 Å². The second-order valence-electron chi connectivity index (χ2n) is 7.44. The molecule has 0 bridgehead atoms. The van der Waals surface area contributed by atoms with Gasteiger partial charge in [0.25, 0.3) is 5.69 Å². The molecule has 1 aliphatic heterocycles. The van der Waals surface area contributed by atoms with Crippen molar-refractivity contribution in [2.24, 2.45) is 0 Å². The second kappa shape index (κ2) is 10.3. The highest BCUT2D eigenvalue weighted by Crippen LogP contribution is 2.27. The molecule has 0 spiro atoms. The van der Waals surface area contributed by atoms with Gasteiger partial charge in [-0.3, -0.25) is 14.9 Å². The molecule has 0 unspecified atom stereocenters. The summed E-state index contributed by atoms with van der Waals surface area (Å²) >= 11 is 5.88. The lowest BCUT2D eigenvalue weighted by Gasteiger charge is -2.25. The molecule has 0 aromatic heterocycles. The highest BCUT2D eigenvalue weighted by molar-refractivity contribution is 7.89. The van der Waals surface area contributed by atoms with Gasteiger partial charge in [0.15, 0.2) is 0 Å². The largest absolute Gasteiger partial charge is 0.467 e. The van der Waals surface area contributed by atoms with Gasteiger partial charge in [0.2, 0.25) is 15.9 Å². The number of ether oxygens (including phenoxy) is 1. The van der Waals surface area contributed by atoms with Gasteiger partial charge in [-0.25, -0.2) is 13.2 Å². The third kappa shape index (κ3) is 5.67. The minimum Gasteiger partial charge on any atom is -0.467 e. The molecule has 10 nitrogen and oxygen atoms in total. The van der Waals surface area contributed by atoms with E-state index < -0.39 is 38.9 Å². The number of rotatable bonds is 8. The predicted octanol–water partition coefficient (Wildman–Crippen LogP) is 2.30. The van der Waals surface area contributed by atoms with E-state index in [0.717, 1.165) is 34.1 Å². The average molecular weight is 496 g/mol. The van der Waals surface area contributed by atoms with Crippen LogP contribution in [0.4, 0.5) is 5.69 Å². The minimum atomic E-state index is -4.08. The van der Waals surface area contributed by atoms with E-state index in [1.165, 1.54) is 7.11 Å². The molecule has 1 heterocycles. The number of nitro groups is 1. The predicted molar refractivity (Wildman–Crippen MR) is 119 cm³/mol. The van der Waals surface area contributed by atoms with Gasteiger partial charge >= 0.3 is 5.97 Å². The summed E-state index contributed by atoms with van der Waals surface area (Å²) < 4.78 is 32.1. The number of hydrogen-bond donors (Lipinski definition) is 1. The first-order chi connectivity index (χ1) is 15.6. The number of amides is 1. The van der Waals surface area contributed by atoms with Gasteiger partial charge in [-0.1, -0.05) is 23.7 Å². The monoisotopic (exact) mass is 495 g/mol. The molecule has 1 N–H and O–H groups in total. The fraction of sp³-hybridized carbons (Fsp3) is 0.333. The van der Waals surface area contributed by atoms with Crippen LogP contribution in [0.1, 0.15) is 18.4 Å². The molecule has 0 saturated carbocycles. The van der Waals surface area contributed by atoms with Crippen LogP contribution in [0, 0.1) is 10.1 Å². The molecule has 1 saturated heterocycles. The Balaban J connectivity index is 1.78. The average Bonchev–Trinajstić information content (AvgIpc) is 3.30. The zero-order chi connectivity index (χ0) is 24.2. The van der Waals surface area contributed by atoms with Crippen molar-refractivity contribution in [2.45, 2.75) is 36.2 Å². The highest BCUT2D eigenvalue weighted by Gasteiger charge is 2.40. The number of hydrogen-bond acceptors (Lipinski definition) is 7. The van der Waals surface area contributed by atoms with Crippen molar-refractivity contribution < 1.29 is 27.7 Å². The highest BCUT2D eigenvalue weighted by atomic mass is 35.5. The van der Waals surface area contributed by atoms with Crippen LogP contribution >= 0.6 is 11.6 Å². The Morgan fingerprint density at radius 3 is 2.42 bits per heavy atom. The lowest BCUT2D eigenvalue weighted by Crippen LogP contribution is -2.51. The van der Waals surface area contributed by atoms with Crippen molar-refractivity contribution >= 4 is 39.2 Å². The molecule has 2 aromatic rings. The molecule has 1 amide bonds. The number of non-ortho nitro benzene ring substituents is 1. The standard InChI is InChI=1S/C21H22ClN3O7S/c1-32-21(27)18(13-14-4-6-15(22)7-5-14)23-20(26)19-3-2-12-24(19)33(30,31)17-10-8-16(9-11-17)25(28)29/h4-11,18-19H,2-3,12-13H2,1H3,(H,23,26)/t18-,19-/m0/s1. The number of nitrogens with one attached hydrogen (secondary N) is 1. The molecular formula is C21H22ClN3O7S. The smallest absolute Gasteiger partial charge is 0.328 e. The van der Waals surface area contributed by atoms with Crippen molar-refractivity contribution in [1.29, 1.82) is 0 Å². The van der Waals surface area contributed by atoms with E-state index in [2.05, 4.69) is 5.32 Å². The summed E-state index contributed by atoms with van der Waals surface area (Å²) in [5.41, 5.74) is 0.490. The van der Waals surface area contributed by atoms with Crippen LogP contribution in [-0.4, -0.2) is 55.3 Å². The van der Waals surface area contributed by atoms with E-state index in [1.54, 1.807) is 24.3 Å². The molecule has 176 valence electrons. The van der Waals surface area contributed by atoms with Crippen LogP contribution in [0.3, 0.4) is 0 Å². The topological polar surface area (TPSA) is 136 Å². The molecule has 33 heavy (non-hydrogen) atoms. The number of halogens is 1. The van der Waals surface area contributed by atoms with Gasteiger partial charge in [-0.2, -0.15) is 4.31 Å². The van der Waals surface area contributed by atoms with Gasteiger partial charge in [-0.05, 0) is 42.7 Å². The van der Waals surface area contributed by atoms with E-state index in [4.69, 9.17) is 16.3 Å². The Morgan fingerprint density at radius 1 is 1.21 bits per heavy atom. The molecule has 1 aliphatic rings. The summed E-state index contributed by atoms with van der Waals surface area (Å²) in [4.78, 5) is 35.3. The fourth-order valence-electron chi connectivity index (χ4n) is 3.62. The fourth-order valence-corrected chi connectivity index (χ4v) is 5.41. The first-order valence-electron chi connectivity index (χ1n) is 10.0. The van der Waals surface area contributed by atoms with E-state index in [1.807, 2.05) is 0 Å². The summed E-state index contributed by atoms with van der Waals surface area (Å²) in [5.74, 6) is -1.29. The molecule has 2 aromatic carbocycles. The Kier molecular flexibility index (Phi) is 7.67. The van der Waals surface area contributed by atoms with Crippen molar-refractivity contribution in [2.75, 3.05) is 13.7 Å². The minimum absolute atomic E-state index is 0.109. The molecule has 0 aliphatic carbocycles. The van der Waals surface area contributed by atoms with E-state index in [-0.39, 0.29) is 30.0 Å². The molecule has 3 rings (SSSR count). The van der Waals surface area contributed by atoms with Crippen molar-refractivity contribution in [3.05, 3.63) is 69.2 Å². The zero-order valence-electron chi connectivity index (χ0n) is 17.6. The molecule has 1 fully saturated rings. The summed E-state index contributed by atoms with van der Waals surface area (Å²) in [6.45, 7) is 0.109. The molecule has 12 heteroatoms. The maximum absolute atomic E-state index is 13.1. The van der Waals surface area contributed by atoms with Crippen molar-refractivity contribution in [1.82, 2.24) is 9.62 Å². The Morgan fingerprint density at radius 2 is 1.85 bits per heavy atom. The van der Waals surface area contributed by atoms with Crippen LogP contribution in [0.15, 0.2) is 53.4 Å². The number of esters is 1. The maximum atomic E-state index is 13.1. The van der Waals surface area contributed by atoms with Crippen molar-refractivity contribution in [3.63, 3.8) is 0 Å². The number of nitrogens with zero attached hydrogens (tertiary/aromatic N) is 2. The normalized spacial score (nSPS) is 17.3. The van der Waals surface area contributed by atoms with Gasteiger partial charge in [0.05, 0.1) is 16.9 Å². The van der Waals surface area contributed by atoms with E-state index in [0.29, 0.717) is 11.4 Å². The van der Waals surface area contributed by atoms with E-state index >= 15 is 0 Å². The molecule has 0 radical (unpaired) electrons. The van der Waals surface area contributed by atoms with Crippen molar-refractivity contribution in [3.8, 4) is 0 Å². The number of methoxy groups -OCH3 is 1. The number of carbonyl (C=O) groups excluding carboxylic acids is 2. The maximum Gasteiger partial charge on any atom is 0.328 e. The quantitative estimate of drug-likeness (QED) is 0.337. The Bertz CT molecular complexity index is 1140. The first-order valence-corrected chi connectivity index (χ1v) is 11.8. The third-order valence-corrected chi connectivity index (χ3v) is 7.49. The third-order valence-electron chi connectivity index (χ3n) is 5.32. The van der Waals surface area contributed by atoms with Gasteiger partial charge < -0.3 is 10.1 Å². The lowest BCUT2D eigenvalue weighted by molar-refractivity contribution is -0.384. The number of benzene rings is 2. The lowest BCUT2D eigenvalue weighted by atomic mass is 10.1. The number of sulfonamides is 1. The van der Waals surface area contributed by atoms with E-state index in [9.17, 15) is 28.1 Å². The summed E-state index contributed by atoms with van der Waals surface area (Å²) in [6, 6.07) is 9.16. The van der Waals surface area contributed by atoms with Crippen LogP contribution in [0.5, 0.6) is 0 Å². The molecular weight excluding hydrogens is 474 g/mol. The number of nitro benzene ring substituents is 1. The summed E-state index contributed by atoms with van der Waals surface area (Å²) in [5, 5.41) is 14.0. The number of carbonyl (C=O) groups is 2. The SMILES string of the molecule is COC(=O)[C@H](Cc1ccc(Cl)cc1)NC(=O)[C@@H]1CCCN1S(=O)(=O)c1ccc([N+](=O)[O-])cc1. The van der Waals surface area contributed by atoms with Gasteiger partial charge in [0.1, 0.15) is 12.1 Å². The summed E-state index contributed by atoms with van der Waals surface area (Å²) in [6.07, 6.45) is 0.856. The van der Waals surface area contributed by atoms with Crippen LogP contribution < -0.4 is 5.32 Å². The van der Waals surface area contributed by atoms with Gasteiger partial charge in [-0.15, -0.1) is 0 Å². The van der Waals surface area contributed by atoms with Crippen LogP contribution in [-0.2, 0) is 30.8 Å². The Hall–Kier alpha value is -3.02. The molecule has 2 atom stereocenters. The van der Waals surface area contributed by atoms with Gasteiger partial charge in [0, 0.05) is 30.1 Å². The van der Waals surface area contributed by atoms with Crippen LogP contribution in [0.25, 0.3) is 0 Å². The second-order valence-corrected chi connectivity index (χ2v) is 9.77. The summed E-state index contributed by atoms with van der Waals surface area (Å²) in [7, 11) is -2.88. The Labute approximate surface area is 195 Å². The first kappa shape index (κ1) is 24.6.